The summed E-state index contributed by atoms with van der Waals surface area (Å²) in [4.78, 5) is 0. The van der Waals surface area contributed by atoms with Crippen molar-refractivity contribution in [2.75, 3.05) is 26.8 Å². The van der Waals surface area contributed by atoms with Crippen molar-refractivity contribution in [3.63, 3.8) is 0 Å². The summed E-state index contributed by atoms with van der Waals surface area (Å²) in [7, 11) is 1.56. The molecule has 1 heterocycles. The standard InChI is InChI=1S/C14H21NO3/c1-9(2)10-4-5-11(17-3)14(16)13(10)12-8-15-6-7-18-12/h4-5,9,12,15-16H,6-8H2,1-3H3. The van der Waals surface area contributed by atoms with Crippen LogP contribution in [0.5, 0.6) is 11.5 Å². The molecule has 1 saturated heterocycles. The summed E-state index contributed by atoms with van der Waals surface area (Å²) in [5, 5.41) is 13.6. The smallest absolute Gasteiger partial charge is 0.163 e. The van der Waals surface area contributed by atoms with Gasteiger partial charge in [-0.05, 0) is 17.5 Å². The van der Waals surface area contributed by atoms with Crippen LogP contribution in [0.2, 0.25) is 0 Å². The van der Waals surface area contributed by atoms with Gasteiger partial charge in [-0.3, -0.25) is 0 Å². The minimum absolute atomic E-state index is 0.105. The van der Waals surface area contributed by atoms with Crippen LogP contribution in [0, 0.1) is 0 Å². The highest BCUT2D eigenvalue weighted by Gasteiger charge is 2.25. The molecule has 1 atom stereocenters. The fraction of sp³-hybridized carbons (Fsp3) is 0.571. The Morgan fingerprint density at radius 2 is 2.22 bits per heavy atom. The second-order valence-electron chi connectivity index (χ2n) is 4.84. The van der Waals surface area contributed by atoms with Gasteiger partial charge in [0, 0.05) is 18.7 Å². The third-order valence-electron chi connectivity index (χ3n) is 3.31. The number of rotatable bonds is 3. The summed E-state index contributed by atoms with van der Waals surface area (Å²) >= 11 is 0. The minimum Gasteiger partial charge on any atom is -0.504 e. The summed E-state index contributed by atoms with van der Waals surface area (Å²) in [6, 6.07) is 3.82. The predicted molar refractivity (Wildman–Crippen MR) is 70.3 cm³/mol. The van der Waals surface area contributed by atoms with E-state index in [0.29, 0.717) is 18.3 Å². The van der Waals surface area contributed by atoms with Gasteiger partial charge in [0.15, 0.2) is 11.5 Å². The van der Waals surface area contributed by atoms with E-state index in [9.17, 15) is 5.11 Å². The lowest BCUT2D eigenvalue weighted by Gasteiger charge is -2.28. The molecule has 1 aromatic rings. The molecule has 1 aromatic carbocycles. The zero-order chi connectivity index (χ0) is 13.1. The minimum atomic E-state index is -0.105. The van der Waals surface area contributed by atoms with Gasteiger partial charge in [-0.25, -0.2) is 0 Å². The Labute approximate surface area is 108 Å². The van der Waals surface area contributed by atoms with Crippen molar-refractivity contribution < 1.29 is 14.6 Å². The molecule has 2 rings (SSSR count). The molecular formula is C14H21NO3. The van der Waals surface area contributed by atoms with Crippen molar-refractivity contribution in [1.29, 1.82) is 0 Å². The second kappa shape index (κ2) is 5.59. The van der Waals surface area contributed by atoms with Gasteiger partial charge in [-0.1, -0.05) is 19.9 Å². The molecule has 1 fully saturated rings. The predicted octanol–water partition coefficient (Wildman–Crippen LogP) is 2.19. The Balaban J connectivity index is 2.45. The summed E-state index contributed by atoms with van der Waals surface area (Å²) in [6.07, 6.45) is -0.105. The first-order valence-corrected chi connectivity index (χ1v) is 6.37. The molecule has 0 radical (unpaired) electrons. The molecule has 1 aliphatic rings. The number of ether oxygens (including phenoxy) is 2. The highest BCUT2D eigenvalue weighted by atomic mass is 16.5. The molecule has 4 nitrogen and oxygen atoms in total. The van der Waals surface area contributed by atoms with E-state index >= 15 is 0 Å². The molecule has 2 N–H and O–H groups in total. The van der Waals surface area contributed by atoms with E-state index in [1.54, 1.807) is 7.11 Å². The molecule has 100 valence electrons. The van der Waals surface area contributed by atoms with Gasteiger partial charge >= 0.3 is 0 Å². The highest BCUT2D eigenvalue weighted by Crippen LogP contribution is 2.40. The maximum atomic E-state index is 10.3. The lowest BCUT2D eigenvalue weighted by atomic mass is 9.92. The Hall–Kier alpha value is -1.26. The van der Waals surface area contributed by atoms with E-state index < -0.39 is 0 Å². The number of phenolic OH excluding ortho intramolecular Hbond substituents is 1. The quantitative estimate of drug-likeness (QED) is 0.864. The number of aromatic hydroxyl groups is 1. The highest BCUT2D eigenvalue weighted by molar-refractivity contribution is 5.52. The zero-order valence-corrected chi connectivity index (χ0v) is 11.2. The number of methoxy groups -OCH3 is 1. The number of morpholine rings is 1. The first kappa shape index (κ1) is 13.2. The first-order chi connectivity index (χ1) is 8.65. The molecule has 0 aromatic heterocycles. The van der Waals surface area contributed by atoms with Crippen LogP contribution in [-0.2, 0) is 4.74 Å². The summed E-state index contributed by atoms with van der Waals surface area (Å²) in [5.41, 5.74) is 1.97. The molecule has 0 bridgehead atoms. The average Bonchev–Trinajstić information content (AvgIpc) is 2.39. The fourth-order valence-electron chi connectivity index (χ4n) is 2.36. The number of hydrogen-bond donors (Lipinski definition) is 2. The van der Waals surface area contributed by atoms with Crippen LogP contribution in [-0.4, -0.2) is 31.9 Å². The van der Waals surface area contributed by atoms with Crippen LogP contribution < -0.4 is 10.1 Å². The van der Waals surface area contributed by atoms with E-state index in [2.05, 4.69) is 19.2 Å². The molecule has 1 unspecified atom stereocenters. The molecular weight excluding hydrogens is 230 g/mol. The number of nitrogens with one attached hydrogen (secondary N) is 1. The number of benzene rings is 1. The Kier molecular flexibility index (Phi) is 4.09. The van der Waals surface area contributed by atoms with Crippen LogP contribution in [0.1, 0.15) is 37.0 Å². The topological polar surface area (TPSA) is 50.7 Å². The van der Waals surface area contributed by atoms with E-state index in [4.69, 9.17) is 9.47 Å². The third-order valence-corrected chi connectivity index (χ3v) is 3.31. The van der Waals surface area contributed by atoms with Crippen molar-refractivity contribution in [2.45, 2.75) is 25.9 Å². The van der Waals surface area contributed by atoms with Gasteiger partial charge in [-0.15, -0.1) is 0 Å². The average molecular weight is 251 g/mol. The normalized spacial score (nSPS) is 20.1. The van der Waals surface area contributed by atoms with Gasteiger partial charge in [0.1, 0.15) is 0 Å². The largest absolute Gasteiger partial charge is 0.504 e. The maximum Gasteiger partial charge on any atom is 0.163 e. The number of hydrogen-bond acceptors (Lipinski definition) is 4. The van der Waals surface area contributed by atoms with E-state index in [-0.39, 0.29) is 11.9 Å². The molecule has 18 heavy (non-hydrogen) atoms. The Morgan fingerprint density at radius 3 is 2.78 bits per heavy atom. The first-order valence-electron chi connectivity index (χ1n) is 6.37. The lowest BCUT2D eigenvalue weighted by Crippen LogP contribution is -2.34. The van der Waals surface area contributed by atoms with E-state index in [0.717, 1.165) is 24.2 Å². The molecule has 0 saturated carbocycles. The molecule has 0 amide bonds. The van der Waals surface area contributed by atoms with Crippen LogP contribution in [0.25, 0.3) is 0 Å². The van der Waals surface area contributed by atoms with Crippen LogP contribution in [0.3, 0.4) is 0 Å². The monoisotopic (exact) mass is 251 g/mol. The summed E-state index contributed by atoms with van der Waals surface area (Å²) in [6.45, 7) is 6.47. The van der Waals surface area contributed by atoms with E-state index in [1.807, 2.05) is 12.1 Å². The Bertz CT molecular complexity index is 412. The number of phenols is 1. The molecule has 4 heteroatoms. The van der Waals surface area contributed by atoms with Crippen molar-refractivity contribution in [2.24, 2.45) is 0 Å². The second-order valence-corrected chi connectivity index (χ2v) is 4.84. The van der Waals surface area contributed by atoms with Gasteiger partial charge in [-0.2, -0.15) is 0 Å². The SMILES string of the molecule is COc1ccc(C(C)C)c(C2CNCCO2)c1O. The van der Waals surface area contributed by atoms with Gasteiger partial charge in [0.05, 0.1) is 19.8 Å². The maximum absolute atomic E-state index is 10.3. The van der Waals surface area contributed by atoms with Crippen molar-refractivity contribution in [3.8, 4) is 11.5 Å². The fourth-order valence-corrected chi connectivity index (χ4v) is 2.36. The van der Waals surface area contributed by atoms with Crippen LogP contribution in [0.4, 0.5) is 0 Å². The molecule has 0 aliphatic carbocycles. The summed E-state index contributed by atoms with van der Waals surface area (Å²) in [5.74, 6) is 1.04. The van der Waals surface area contributed by atoms with E-state index in [1.165, 1.54) is 0 Å². The lowest BCUT2D eigenvalue weighted by molar-refractivity contribution is 0.0254. The van der Waals surface area contributed by atoms with Crippen molar-refractivity contribution >= 4 is 0 Å². The van der Waals surface area contributed by atoms with Crippen molar-refractivity contribution in [3.05, 3.63) is 23.3 Å². The van der Waals surface area contributed by atoms with Crippen LogP contribution >= 0.6 is 0 Å². The van der Waals surface area contributed by atoms with Crippen LogP contribution in [0.15, 0.2) is 12.1 Å². The van der Waals surface area contributed by atoms with Crippen molar-refractivity contribution in [1.82, 2.24) is 5.32 Å². The zero-order valence-electron chi connectivity index (χ0n) is 11.2. The molecule has 1 aliphatic heterocycles. The Morgan fingerprint density at radius 1 is 1.44 bits per heavy atom. The summed E-state index contributed by atoms with van der Waals surface area (Å²) < 4.78 is 10.9. The molecule has 0 spiro atoms. The third kappa shape index (κ3) is 2.44. The van der Waals surface area contributed by atoms with Gasteiger partial charge < -0.3 is 19.9 Å². The van der Waals surface area contributed by atoms with Gasteiger partial charge in [0.2, 0.25) is 0 Å². The van der Waals surface area contributed by atoms with Gasteiger partial charge in [0.25, 0.3) is 0 Å².